The smallest absolute Gasteiger partial charge is 0.128 e. The van der Waals surface area contributed by atoms with Crippen LogP contribution in [0.5, 0.6) is 0 Å². The number of hydrogen-bond acceptors (Lipinski definition) is 2. The van der Waals surface area contributed by atoms with Gasteiger partial charge in [-0.2, -0.15) is 0 Å². The van der Waals surface area contributed by atoms with Crippen molar-refractivity contribution in [2.75, 3.05) is 6.61 Å². The summed E-state index contributed by atoms with van der Waals surface area (Å²) >= 11 is 0. The molecule has 0 amide bonds. The van der Waals surface area contributed by atoms with Crippen LogP contribution in [0.4, 0.5) is 4.39 Å². The van der Waals surface area contributed by atoms with Crippen LogP contribution in [0.25, 0.3) is 0 Å². The van der Waals surface area contributed by atoms with Crippen molar-refractivity contribution >= 4 is 0 Å². The summed E-state index contributed by atoms with van der Waals surface area (Å²) in [5, 5.41) is 0. The molecule has 17 heavy (non-hydrogen) atoms. The molecule has 0 spiro atoms. The Balaban J connectivity index is 2.00. The van der Waals surface area contributed by atoms with Crippen LogP contribution in [0.3, 0.4) is 0 Å². The molecule has 1 aliphatic rings. The molecule has 2 atom stereocenters. The van der Waals surface area contributed by atoms with Gasteiger partial charge < -0.3 is 10.5 Å². The Morgan fingerprint density at radius 3 is 2.88 bits per heavy atom. The molecule has 2 N–H and O–H groups in total. The summed E-state index contributed by atoms with van der Waals surface area (Å²) in [5.41, 5.74) is 6.20. The molecule has 3 heteroatoms. The molecule has 2 unspecified atom stereocenters. The van der Waals surface area contributed by atoms with Crippen molar-refractivity contribution in [1.82, 2.24) is 0 Å². The Hall–Kier alpha value is -0.930. The SMILES string of the molecule is CC(N)(CCC1CCCO1)c1ccccc1F. The quantitative estimate of drug-likeness (QED) is 0.873. The van der Waals surface area contributed by atoms with E-state index in [9.17, 15) is 4.39 Å². The maximum Gasteiger partial charge on any atom is 0.128 e. The molecule has 2 rings (SSSR count). The van der Waals surface area contributed by atoms with E-state index in [-0.39, 0.29) is 5.82 Å². The second kappa shape index (κ2) is 5.15. The van der Waals surface area contributed by atoms with E-state index in [4.69, 9.17) is 10.5 Å². The Morgan fingerprint density at radius 1 is 1.47 bits per heavy atom. The standard InChI is InChI=1S/C14H20FNO/c1-14(16,9-8-11-5-4-10-17-11)12-6-2-3-7-13(12)15/h2-3,6-7,11H,4-5,8-10,16H2,1H3. The van der Waals surface area contributed by atoms with Gasteiger partial charge in [0.1, 0.15) is 5.82 Å². The summed E-state index contributed by atoms with van der Waals surface area (Å²) in [6, 6.07) is 6.75. The number of rotatable bonds is 4. The molecule has 1 fully saturated rings. The molecule has 1 heterocycles. The van der Waals surface area contributed by atoms with Crippen molar-refractivity contribution in [3.05, 3.63) is 35.6 Å². The van der Waals surface area contributed by atoms with Crippen LogP contribution in [0.1, 0.15) is 38.2 Å². The van der Waals surface area contributed by atoms with E-state index >= 15 is 0 Å². The molecule has 0 bridgehead atoms. The third-order valence-corrected chi connectivity index (χ3v) is 3.50. The van der Waals surface area contributed by atoms with E-state index in [2.05, 4.69) is 0 Å². The zero-order chi connectivity index (χ0) is 12.3. The lowest BCUT2D eigenvalue weighted by Gasteiger charge is -2.27. The fourth-order valence-corrected chi connectivity index (χ4v) is 2.39. The number of nitrogens with two attached hydrogens (primary N) is 1. The second-order valence-corrected chi connectivity index (χ2v) is 5.07. The average molecular weight is 237 g/mol. The molecular formula is C14H20FNO. The van der Waals surface area contributed by atoms with E-state index < -0.39 is 5.54 Å². The first-order chi connectivity index (χ1) is 8.09. The molecular weight excluding hydrogens is 217 g/mol. The number of ether oxygens (including phenoxy) is 1. The maximum atomic E-state index is 13.7. The molecule has 0 aliphatic carbocycles. The molecule has 1 aromatic carbocycles. The van der Waals surface area contributed by atoms with Gasteiger partial charge in [-0.15, -0.1) is 0 Å². The molecule has 0 radical (unpaired) electrons. The first kappa shape index (κ1) is 12.5. The molecule has 0 saturated carbocycles. The predicted molar refractivity (Wildman–Crippen MR) is 66.1 cm³/mol. The summed E-state index contributed by atoms with van der Waals surface area (Å²) in [5.74, 6) is -0.218. The normalized spacial score (nSPS) is 23.6. The van der Waals surface area contributed by atoms with Crippen LogP contribution in [-0.4, -0.2) is 12.7 Å². The number of hydrogen-bond donors (Lipinski definition) is 1. The van der Waals surface area contributed by atoms with Crippen molar-refractivity contribution in [2.24, 2.45) is 5.73 Å². The summed E-state index contributed by atoms with van der Waals surface area (Å²) in [4.78, 5) is 0. The lowest BCUT2D eigenvalue weighted by Crippen LogP contribution is -2.35. The zero-order valence-corrected chi connectivity index (χ0v) is 10.3. The highest BCUT2D eigenvalue weighted by Gasteiger charge is 2.26. The summed E-state index contributed by atoms with van der Waals surface area (Å²) < 4.78 is 19.2. The molecule has 1 aromatic rings. The monoisotopic (exact) mass is 237 g/mol. The van der Waals surface area contributed by atoms with Gasteiger partial charge in [-0.05, 0) is 38.7 Å². The molecule has 94 valence electrons. The van der Waals surface area contributed by atoms with Gasteiger partial charge in [-0.1, -0.05) is 18.2 Å². The van der Waals surface area contributed by atoms with Gasteiger partial charge in [0.05, 0.1) is 6.10 Å². The van der Waals surface area contributed by atoms with Crippen molar-refractivity contribution in [3.8, 4) is 0 Å². The van der Waals surface area contributed by atoms with E-state index in [0.29, 0.717) is 11.7 Å². The summed E-state index contributed by atoms with van der Waals surface area (Å²) in [6.07, 6.45) is 4.20. The summed E-state index contributed by atoms with van der Waals surface area (Å²) in [7, 11) is 0. The van der Waals surface area contributed by atoms with Crippen molar-refractivity contribution in [3.63, 3.8) is 0 Å². The van der Waals surface area contributed by atoms with Crippen molar-refractivity contribution < 1.29 is 9.13 Å². The van der Waals surface area contributed by atoms with Crippen molar-refractivity contribution in [2.45, 2.75) is 44.2 Å². The highest BCUT2D eigenvalue weighted by Crippen LogP contribution is 2.28. The second-order valence-electron chi connectivity index (χ2n) is 5.07. The zero-order valence-electron chi connectivity index (χ0n) is 10.3. The van der Waals surface area contributed by atoms with Crippen LogP contribution in [0.15, 0.2) is 24.3 Å². The van der Waals surface area contributed by atoms with E-state index in [1.807, 2.05) is 13.0 Å². The van der Waals surface area contributed by atoms with Gasteiger partial charge in [0.15, 0.2) is 0 Å². The minimum atomic E-state index is -0.614. The molecule has 2 nitrogen and oxygen atoms in total. The van der Waals surface area contributed by atoms with E-state index in [1.54, 1.807) is 12.1 Å². The topological polar surface area (TPSA) is 35.2 Å². The minimum Gasteiger partial charge on any atom is -0.378 e. The lowest BCUT2D eigenvalue weighted by molar-refractivity contribution is 0.0965. The van der Waals surface area contributed by atoms with Crippen LogP contribution in [0, 0.1) is 5.82 Å². The largest absolute Gasteiger partial charge is 0.378 e. The molecule has 0 aromatic heterocycles. The Bertz CT molecular complexity index is 372. The fourth-order valence-electron chi connectivity index (χ4n) is 2.39. The van der Waals surface area contributed by atoms with Crippen LogP contribution < -0.4 is 5.73 Å². The highest BCUT2D eigenvalue weighted by atomic mass is 19.1. The summed E-state index contributed by atoms with van der Waals surface area (Å²) in [6.45, 7) is 2.74. The van der Waals surface area contributed by atoms with Gasteiger partial charge in [0, 0.05) is 17.7 Å². The lowest BCUT2D eigenvalue weighted by atomic mass is 9.87. The van der Waals surface area contributed by atoms with Gasteiger partial charge in [0.2, 0.25) is 0 Å². The van der Waals surface area contributed by atoms with E-state index in [0.717, 1.165) is 32.3 Å². The first-order valence-corrected chi connectivity index (χ1v) is 6.25. The number of halogens is 1. The third-order valence-electron chi connectivity index (χ3n) is 3.50. The predicted octanol–water partition coefficient (Wildman–Crippen LogP) is 2.96. The average Bonchev–Trinajstić information content (AvgIpc) is 2.80. The highest BCUT2D eigenvalue weighted by molar-refractivity contribution is 5.24. The molecule has 1 saturated heterocycles. The van der Waals surface area contributed by atoms with Crippen LogP contribution in [0.2, 0.25) is 0 Å². The van der Waals surface area contributed by atoms with E-state index in [1.165, 1.54) is 6.07 Å². The first-order valence-electron chi connectivity index (χ1n) is 6.25. The van der Waals surface area contributed by atoms with Gasteiger partial charge in [-0.3, -0.25) is 0 Å². The Kier molecular flexibility index (Phi) is 3.79. The van der Waals surface area contributed by atoms with Gasteiger partial charge in [-0.25, -0.2) is 4.39 Å². The van der Waals surface area contributed by atoms with Gasteiger partial charge in [0.25, 0.3) is 0 Å². The van der Waals surface area contributed by atoms with Crippen LogP contribution >= 0.6 is 0 Å². The Morgan fingerprint density at radius 2 is 2.24 bits per heavy atom. The Labute approximate surface area is 102 Å². The molecule has 1 aliphatic heterocycles. The third kappa shape index (κ3) is 3.05. The van der Waals surface area contributed by atoms with Crippen molar-refractivity contribution in [1.29, 1.82) is 0 Å². The van der Waals surface area contributed by atoms with Crippen LogP contribution in [-0.2, 0) is 10.3 Å². The number of benzene rings is 1. The fraction of sp³-hybridized carbons (Fsp3) is 0.571. The minimum absolute atomic E-state index is 0.218. The maximum absolute atomic E-state index is 13.7. The van der Waals surface area contributed by atoms with Gasteiger partial charge >= 0.3 is 0 Å².